The van der Waals surface area contributed by atoms with Gasteiger partial charge in [0.05, 0.1) is 5.11 Å². The van der Waals surface area contributed by atoms with Crippen LogP contribution in [0, 0.1) is 17.0 Å². The Labute approximate surface area is 148 Å². The molecule has 9 nitrogen and oxygen atoms in total. The number of aromatic nitrogens is 1. The Kier molecular flexibility index (Phi) is 4.94. The van der Waals surface area contributed by atoms with Crippen LogP contribution in [0.2, 0.25) is 5.15 Å². The normalized spacial score (nSPS) is 16.3. The average molecular weight is 363 g/mol. The third-order valence-corrected chi connectivity index (χ3v) is 3.73. The summed E-state index contributed by atoms with van der Waals surface area (Å²) >= 11 is 5.78. The van der Waals surface area contributed by atoms with E-state index in [1.807, 2.05) is 11.0 Å². The molecule has 0 aliphatic carbocycles. The van der Waals surface area contributed by atoms with Crippen LogP contribution >= 0.6 is 11.6 Å². The van der Waals surface area contributed by atoms with Gasteiger partial charge in [0.15, 0.2) is 0 Å². The summed E-state index contributed by atoms with van der Waals surface area (Å²) in [5.74, 6) is 0.810. The third kappa shape index (κ3) is 4.13. The lowest BCUT2D eigenvalue weighted by atomic mass is 10.2. The van der Waals surface area contributed by atoms with Gasteiger partial charge in [0.2, 0.25) is 5.82 Å². The van der Waals surface area contributed by atoms with Crippen molar-refractivity contribution in [3.63, 3.8) is 0 Å². The van der Waals surface area contributed by atoms with Crippen LogP contribution in [0.3, 0.4) is 0 Å². The maximum absolute atomic E-state index is 11.4. The maximum Gasteiger partial charge on any atom is 0.431 e. The number of azo groups is 1. The number of hydrogen-bond acceptors (Lipinski definition) is 8. The molecule has 1 aliphatic rings. The number of nitrogens with zero attached hydrogens (tertiary/aromatic N) is 5. The van der Waals surface area contributed by atoms with E-state index < -0.39 is 4.92 Å². The second kappa shape index (κ2) is 7.31. The number of hydrogen-bond donors (Lipinski definition) is 1. The molecule has 2 aromatic rings. The number of halogens is 1. The van der Waals surface area contributed by atoms with Gasteiger partial charge in [-0.05, 0) is 29.5 Å². The molecule has 0 radical (unpaired) electrons. The number of aryl methyl sites for hydroxylation is 1. The van der Waals surface area contributed by atoms with Crippen molar-refractivity contribution in [1.29, 1.82) is 0 Å². The minimum atomic E-state index is -0.569. The summed E-state index contributed by atoms with van der Waals surface area (Å²) in [5.41, 5.74) is 0.881. The zero-order chi connectivity index (χ0) is 17.8. The van der Waals surface area contributed by atoms with Crippen LogP contribution in [0.25, 0.3) is 0 Å². The van der Waals surface area contributed by atoms with Crippen LogP contribution < -0.4 is 5.32 Å². The van der Waals surface area contributed by atoms with E-state index in [0.717, 1.165) is 5.56 Å². The number of nitrogens with one attached hydrogen (secondary N) is 1. The Balaban J connectivity index is 1.85. The summed E-state index contributed by atoms with van der Waals surface area (Å²) in [4.78, 5) is 16.7. The van der Waals surface area contributed by atoms with Gasteiger partial charge in [0.25, 0.3) is 5.88 Å². The quantitative estimate of drug-likeness (QED) is 0.378. The third-order valence-electron chi connectivity index (χ3n) is 3.51. The Bertz CT molecular complexity index is 830. The lowest BCUT2D eigenvalue weighted by Crippen LogP contribution is -2.23. The Morgan fingerprint density at radius 2 is 2.32 bits per heavy atom. The van der Waals surface area contributed by atoms with Crippen LogP contribution in [0.1, 0.15) is 11.3 Å². The van der Waals surface area contributed by atoms with E-state index in [1.54, 1.807) is 31.3 Å². The predicted molar refractivity (Wildman–Crippen MR) is 89.6 cm³/mol. The van der Waals surface area contributed by atoms with Gasteiger partial charge in [0.1, 0.15) is 10.9 Å². The SMILES string of the molecule is Cc1ccc(/N=N/C(=C2/NCCN2Cc2ccc(Cl)nc2)[N+](=O)[O-])o1. The van der Waals surface area contributed by atoms with Gasteiger partial charge in [0, 0.05) is 37.0 Å². The first-order chi connectivity index (χ1) is 12.0. The highest BCUT2D eigenvalue weighted by Crippen LogP contribution is 2.21. The van der Waals surface area contributed by atoms with Crippen LogP contribution in [-0.2, 0) is 6.54 Å². The first-order valence-electron chi connectivity index (χ1n) is 7.49. The van der Waals surface area contributed by atoms with Crippen molar-refractivity contribution in [2.24, 2.45) is 10.2 Å². The molecule has 10 heteroatoms. The number of nitro groups is 1. The highest BCUT2D eigenvalue weighted by molar-refractivity contribution is 6.29. The molecule has 1 saturated heterocycles. The molecule has 130 valence electrons. The number of pyridine rings is 1. The Morgan fingerprint density at radius 1 is 1.48 bits per heavy atom. The zero-order valence-corrected chi connectivity index (χ0v) is 14.1. The van der Waals surface area contributed by atoms with Gasteiger partial charge >= 0.3 is 5.82 Å². The second-order valence-electron chi connectivity index (χ2n) is 5.35. The van der Waals surface area contributed by atoms with E-state index in [-0.39, 0.29) is 11.7 Å². The molecule has 1 fully saturated rings. The van der Waals surface area contributed by atoms with E-state index >= 15 is 0 Å². The van der Waals surface area contributed by atoms with Crippen molar-refractivity contribution in [2.45, 2.75) is 13.5 Å². The summed E-state index contributed by atoms with van der Waals surface area (Å²) in [7, 11) is 0. The van der Waals surface area contributed by atoms with E-state index in [2.05, 4.69) is 20.5 Å². The number of rotatable bonds is 5. The molecule has 25 heavy (non-hydrogen) atoms. The standard InChI is InChI=1S/C15H15ClN6O3/c1-10-2-5-13(25-10)19-20-15(22(23)24)14-17-6-7-21(14)9-11-3-4-12(16)18-8-11/h2-5,8,17H,6-7,9H2,1H3/b15-14+,20-19+. The summed E-state index contributed by atoms with van der Waals surface area (Å²) in [6.07, 6.45) is 1.64. The molecule has 0 bridgehead atoms. The molecule has 2 aromatic heterocycles. The molecule has 0 unspecified atom stereocenters. The molecule has 3 rings (SSSR count). The zero-order valence-electron chi connectivity index (χ0n) is 13.3. The van der Waals surface area contributed by atoms with E-state index in [4.69, 9.17) is 16.0 Å². The van der Waals surface area contributed by atoms with E-state index in [0.29, 0.717) is 36.4 Å². The van der Waals surface area contributed by atoms with Crippen LogP contribution in [0.4, 0.5) is 5.88 Å². The maximum atomic E-state index is 11.4. The molecular formula is C15H15ClN6O3. The van der Waals surface area contributed by atoms with Gasteiger partial charge in [-0.1, -0.05) is 17.7 Å². The van der Waals surface area contributed by atoms with Gasteiger partial charge in [-0.2, -0.15) is 0 Å². The molecule has 3 heterocycles. The first kappa shape index (κ1) is 16.9. The van der Waals surface area contributed by atoms with Crippen molar-refractivity contribution in [1.82, 2.24) is 15.2 Å². The minimum absolute atomic E-state index is 0.212. The monoisotopic (exact) mass is 362 g/mol. The summed E-state index contributed by atoms with van der Waals surface area (Å²) < 4.78 is 5.25. The predicted octanol–water partition coefficient (Wildman–Crippen LogP) is 3.23. The van der Waals surface area contributed by atoms with Crippen molar-refractivity contribution < 1.29 is 9.34 Å². The highest BCUT2D eigenvalue weighted by atomic mass is 35.5. The van der Waals surface area contributed by atoms with Crippen molar-refractivity contribution >= 4 is 17.5 Å². The fourth-order valence-electron chi connectivity index (χ4n) is 2.37. The molecule has 0 spiro atoms. The minimum Gasteiger partial charge on any atom is -0.441 e. The van der Waals surface area contributed by atoms with Crippen molar-refractivity contribution in [3.05, 3.63) is 68.7 Å². The topological polar surface area (TPSA) is 109 Å². The van der Waals surface area contributed by atoms with E-state index in [1.165, 1.54) is 0 Å². The van der Waals surface area contributed by atoms with Crippen LogP contribution in [0.15, 0.2) is 56.7 Å². The lowest BCUT2D eigenvalue weighted by molar-refractivity contribution is -0.429. The van der Waals surface area contributed by atoms with Gasteiger partial charge in [-0.25, -0.2) is 4.98 Å². The molecular weight excluding hydrogens is 348 g/mol. The first-order valence-corrected chi connectivity index (χ1v) is 7.87. The second-order valence-corrected chi connectivity index (χ2v) is 5.74. The fraction of sp³-hybridized carbons (Fsp3) is 0.267. The highest BCUT2D eigenvalue weighted by Gasteiger charge is 2.28. The van der Waals surface area contributed by atoms with Gasteiger partial charge in [-0.15, -0.1) is 0 Å². The van der Waals surface area contributed by atoms with Gasteiger partial charge < -0.3 is 24.7 Å². The molecule has 0 saturated carbocycles. The Hall–Kier alpha value is -2.94. The van der Waals surface area contributed by atoms with E-state index in [9.17, 15) is 10.1 Å². The van der Waals surface area contributed by atoms with Gasteiger partial charge in [-0.3, -0.25) is 0 Å². The van der Waals surface area contributed by atoms with Crippen LogP contribution in [0.5, 0.6) is 0 Å². The average Bonchev–Trinajstić information content (AvgIpc) is 3.19. The molecule has 0 aromatic carbocycles. The molecule has 1 N–H and O–H groups in total. The Morgan fingerprint density at radius 3 is 2.96 bits per heavy atom. The summed E-state index contributed by atoms with van der Waals surface area (Å²) in [5, 5.41) is 22.4. The summed E-state index contributed by atoms with van der Waals surface area (Å²) in [6, 6.07) is 6.81. The molecule has 1 aliphatic heterocycles. The number of furan rings is 1. The smallest absolute Gasteiger partial charge is 0.431 e. The molecule has 0 amide bonds. The van der Waals surface area contributed by atoms with Crippen molar-refractivity contribution in [3.8, 4) is 0 Å². The largest absolute Gasteiger partial charge is 0.441 e. The van der Waals surface area contributed by atoms with Crippen molar-refractivity contribution in [2.75, 3.05) is 13.1 Å². The van der Waals surface area contributed by atoms with Crippen LogP contribution in [-0.4, -0.2) is 27.9 Å². The fourth-order valence-corrected chi connectivity index (χ4v) is 2.49. The summed E-state index contributed by atoms with van der Waals surface area (Å²) in [6.45, 7) is 3.37. The lowest BCUT2D eigenvalue weighted by Gasteiger charge is -2.17. The molecule has 0 atom stereocenters.